The van der Waals surface area contributed by atoms with Crippen molar-refractivity contribution in [2.45, 2.75) is 26.3 Å². The molecule has 0 bridgehead atoms. The Labute approximate surface area is 100 Å². The van der Waals surface area contributed by atoms with E-state index in [4.69, 9.17) is 5.73 Å². The molecule has 88 valence electrons. The van der Waals surface area contributed by atoms with Gasteiger partial charge in [-0.15, -0.1) is 0 Å². The van der Waals surface area contributed by atoms with E-state index in [2.05, 4.69) is 6.92 Å². The van der Waals surface area contributed by atoms with Crippen molar-refractivity contribution in [2.75, 3.05) is 13.1 Å². The molecule has 1 amide bonds. The van der Waals surface area contributed by atoms with Crippen molar-refractivity contribution in [1.29, 1.82) is 0 Å². The molecular weight excluding hydrogens is 220 g/mol. The molecule has 1 aliphatic rings. The van der Waals surface area contributed by atoms with Crippen molar-refractivity contribution < 1.29 is 4.79 Å². The van der Waals surface area contributed by atoms with Crippen LogP contribution in [0.5, 0.6) is 0 Å². The number of aryl methyl sites for hydroxylation is 1. The Balaban J connectivity index is 2.09. The lowest BCUT2D eigenvalue weighted by atomic mass is 9.94. The van der Waals surface area contributed by atoms with Crippen LogP contribution in [0.2, 0.25) is 0 Å². The summed E-state index contributed by atoms with van der Waals surface area (Å²) in [6, 6.07) is 0.243. The summed E-state index contributed by atoms with van der Waals surface area (Å²) in [5.74, 6) is 0.564. The first-order valence-corrected chi connectivity index (χ1v) is 6.61. The quantitative estimate of drug-likeness (QED) is 0.812. The number of likely N-dealkylation sites (tertiary alicyclic amines) is 1. The average Bonchev–Trinajstić information content (AvgIpc) is 2.67. The van der Waals surface area contributed by atoms with Gasteiger partial charge >= 0.3 is 0 Å². The van der Waals surface area contributed by atoms with E-state index in [0.29, 0.717) is 5.92 Å². The zero-order valence-electron chi connectivity index (χ0n) is 9.77. The Hall–Kier alpha value is -0.870. The highest BCUT2D eigenvalue weighted by molar-refractivity contribution is 7.08. The summed E-state index contributed by atoms with van der Waals surface area (Å²) >= 11 is 1.59. The maximum absolute atomic E-state index is 12.2. The van der Waals surface area contributed by atoms with Gasteiger partial charge in [-0.1, -0.05) is 6.92 Å². The van der Waals surface area contributed by atoms with E-state index in [9.17, 15) is 4.79 Å². The van der Waals surface area contributed by atoms with E-state index >= 15 is 0 Å². The monoisotopic (exact) mass is 238 g/mol. The van der Waals surface area contributed by atoms with Gasteiger partial charge in [-0.05, 0) is 30.2 Å². The molecule has 1 aliphatic heterocycles. The van der Waals surface area contributed by atoms with Crippen LogP contribution in [-0.4, -0.2) is 29.9 Å². The first kappa shape index (κ1) is 11.6. The van der Waals surface area contributed by atoms with Crippen LogP contribution >= 0.6 is 11.3 Å². The Morgan fingerprint density at radius 2 is 2.31 bits per heavy atom. The number of nitrogens with two attached hydrogens (primary N) is 1. The van der Waals surface area contributed by atoms with Crippen LogP contribution in [0.4, 0.5) is 0 Å². The first-order chi connectivity index (χ1) is 7.59. The van der Waals surface area contributed by atoms with E-state index in [-0.39, 0.29) is 11.9 Å². The van der Waals surface area contributed by atoms with Crippen molar-refractivity contribution in [2.24, 2.45) is 11.7 Å². The van der Waals surface area contributed by atoms with Gasteiger partial charge in [0.25, 0.3) is 5.91 Å². The molecule has 2 unspecified atom stereocenters. The van der Waals surface area contributed by atoms with Gasteiger partial charge in [0.2, 0.25) is 0 Å². The largest absolute Gasteiger partial charge is 0.338 e. The molecule has 1 saturated heterocycles. The molecular formula is C12H18N2OS. The summed E-state index contributed by atoms with van der Waals surface area (Å²) in [6.45, 7) is 5.68. The summed E-state index contributed by atoms with van der Waals surface area (Å²) in [7, 11) is 0. The second-order valence-electron chi connectivity index (χ2n) is 4.65. The Kier molecular flexibility index (Phi) is 3.30. The van der Waals surface area contributed by atoms with Crippen LogP contribution < -0.4 is 5.73 Å². The average molecular weight is 238 g/mol. The van der Waals surface area contributed by atoms with E-state index in [1.54, 1.807) is 11.3 Å². The molecule has 1 fully saturated rings. The molecule has 0 aromatic carbocycles. The fraction of sp³-hybridized carbons (Fsp3) is 0.583. The zero-order chi connectivity index (χ0) is 11.7. The number of carbonyl (C=O) groups is 1. The smallest absolute Gasteiger partial charge is 0.254 e. The molecule has 2 N–H and O–H groups in total. The Bertz CT molecular complexity index is 388. The van der Waals surface area contributed by atoms with Crippen LogP contribution in [0.1, 0.15) is 29.3 Å². The van der Waals surface area contributed by atoms with Crippen LogP contribution in [0.3, 0.4) is 0 Å². The lowest BCUT2D eigenvalue weighted by Gasteiger charge is -2.35. The molecule has 0 saturated carbocycles. The minimum atomic E-state index is 0.164. The summed E-state index contributed by atoms with van der Waals surface area (Å²) in [4.78, 5) is 14.2. The molecule has 0 radical (unpaired) electrons. The van der Waals surface area contributed by atoms with E-state index in [0.717, 1.165) is 30.6 Å². The predicted octanol–water partition coefficient (Wildman–Crippen LogP) is 1.87. The molecule has 3 nitrogen and oxygen atoms in total. The number of hydrogen-bond acceptors (Lipinski definition) is 3. The van der Waals surface area contributed by atoms with Crippen molar-refractivity contribution >= 4 is 17.2 Å². The molecule has 2 atom stereocenters. The van der Waals surface area contributed by atoms with Crippen molar-refractivity contribution in [3.05, 3.63) is 21.9 Å². The van der Waals surface area contributed by atoms with E-state index in [1.807, 2.05) is 22.6 Å². The molecule has 2 rings (SSSR count). The summed E-state index contributed by atoms with van der Waals surface area (Å²) < 4.78 is 0. The summed E-state index contributed by atoms with van der Waals surface area (Å²) in [5, 5.41) is 3.96. The van der Waals surface area contributed by atoms with Gasteiger partial charge in [-0.25, -0.2) is 0 Å². The van der Waals surface area contributed by atoms with Gasteiger partial charge in [0, 0.05) is 24.5 Å². The van der Waals surface area contributed by atoms with Crippen molar-refractivity contribution in [1.82, 2.24) is 4.90 Å². The molecule has 0 aliphatic carbocycles. The lowest BCUT2D eigenvalue weighted by Crippen LogP contribution is -2.48. The van der Waals surface area contributed by atoms with Gasteiger partial charge < -0.3 is 10.6 Å². The number of hydrogen-bond donors (Lipinski definition) is 1. The predicted molar refractivity (Wildman–Crippen MR) is 66.7 cm³/mol. The number of nitrogens with zero attached hydrogens (tertiary/aromatic N) is 1. The van der Waals surface area contributed by atoms with Gasteiger partial charge in [-0.2, -0.15) is 11.3 Å². The molecule has 4 heteroatoms. The molecule has 2 heterocycles. The lowest BCUT2D eigenvalue weighted by molar-refractivity contribution is 0.0664. The molecule has 0 spiro atoms. The van der Waals surface area contributed by atoms with E-state index in [1.165, 1.54) is 0 Å². The minimum Gasteiger partial charge on any atom is -0.338 e. The number of rotatable bonds is 1. The number of carbonyl (C=O) groups excluding carboxylic acids is 1. The zero-order valence-corrected chi connectivity index (χ0v) is 10.6. The fourth-order valence-electron chi connectivity index (χ4n) is 2.10. The summed E-state index contributed by atoms with van der Waals surface area (Å²) in [6.07, 6.45) is 0.913. The van der Waals surface area contributed by atoms with Crippen molar-refractivity contribution in [3.8, 4) is 0 Å². The fourth-order valence-corrected chi connectivity index (χ4v) is 2.92. The third-order valence-electron chi connectivity index (χ3n) is 3.34. The van der Waals surface area contributed by atoms with Crippen LogP contribution in [-0.2, 0) is 0 Å². The standard InChI is InChI=1S/C12H18N2OS/c1-8-5-14(4-3-11(8)13)12(15)10-7-16-6-9(10)2/h6-8,11H,3-5,13H2,1-2H3. The number of amides is 1. The third kappa shape index (κ3) is 2.13. The van der Waals surface area contributed by atoms with Crippen LogP contribution in [0, 0.1) is 12.8 Å². The second kappa shape index (κ2) is 4.55. The highest BCUT2D eigenvalue weighted by Gasteiger charge is 2.27. The molecule has 1 aromatic rings. The Morgan fingerprint density at radius 3 is 2.88 bits per heavy atom. The SMILES string of the molecule is Cc1cscc1C(=O)N1CCC(N)C(C)C1. The number of thiophene rings is 1. The van der Waals surface area contributed by atoms with Gasteiger partial charge in [-0.3, -0.25) is 4.79 Å². The van der Waals surface area contributed by atoms with Gasteiger partial charge in [0.1, 0.15) is 0 Å². The normalized spacial score (nSPS) is 25.8. The van der Waals surface area contributed by atoms with Gasteiger partial charge in [0.05, 0.1) is 5.56 Å². The minimum absolute atomic E-state index is 0.164. The first-order valence-electron chi connectivity index (χ1n) is 5.67. The molecule has 1 aromatic heterocycles. The molecule has 16 heavy (non-hydrogen) atoms. The second-order valence-corrected chi connectivity index (χ2v) is 5.39. The highest BCUT2D eigenvalue weighted by atomic mass is 32.1. The maximum Gasteiger partial charge on any atom is 0.254 e. The third-order valence-corrected chi connectivity index (χ3v) is 4.21. The topological polar surface area (TPSA) is 46.3 Å². The van der Waals surface area contributed by atoms with E-state index < -0.39 is 0 Å². The van der Waals surface area contributed by atoms with Gasteiger partial charge in [0.15, 0.2) is 0 Å². The van der Waals surface area contributed by atoms with Crippen LogP contribution in [0.25, 0.3) is 0 Å². The van der Waals surface area contributed by atoms with Crippen molar-refractivity contribution in [3.63, 3.8) is 0 Å². The Morgan fingerprint density at radius 1 is 1.56 bits per heavy atom. The summed E-state index contributed by atoms with van der Waals surface area (Å²) in [5.41, 5.74) is 7.89. The highest BCUT2D eigenvalue weighted by Crippen LogP contribution is 2.20. The van der Waals surface area contributed by atoms with Crippen LogP contribution in [0.15, 0.2) is 10.8 Å². The number of piperidine rings is 1. The maximum atomic E-state index is 12.2.